The van der Waals surface area contributed by atoms with E-state index in [-0.39, 0.29) is 23.3 Å². The van der Waals surface area contributed by atoms with Crippen molar-refractivity contribution in [2.24, 2.45) is 0 Å². The van der Waals surface area contributed by atoms with E-state index in [1.54, 1.807) is 18.4 Å². The van der Waals surface area contributed by atoms with Crippen LogP contribution in [-0.2, 0) is 10.8 Å². The standard InChI is InChI=1S/C13H19NO3S/c1-9-4-5-12(15)11(8-9)13(16)14-10(2)6-7-18(3)17/h4-5,8,10,15H,6-7H2,1-3H3,(H,14,16). The number of aryl methyl sites for hydroxylation is 1. The Balaban J connectivity index is 2.64. The first-order valence-corrected chi connectivity index (χ1v) is 7.53. The van der Waals surface area contributed by atoms with Crippen LogP contribution < -0.4 is 5.32 Å². The number of rotatable bonds is 5. The highest BCUT2D eigenvalue weighted by molar-refractivity contribution is 7.84. The molecule has 0 aliphatic rings. The van der Waals surface area contributed by atoms with E-state index in [0.717, 1.165) is 5.56 Å². The van der Waals surface area contributed by atoms with Crippen LogP contribution in [0.1, 0.15) is 29.3 Å². The Morgan fingerprint density at radius 2 is 2.17 bits per heavy atom. The third-order valence-corrected chi connectivity index (χ3v) is 3.42. The Labute approximate surface area is 110 Å². The second-order valence-corrected chi connectivity index (χ2v) is 6.02. The number of carbonyl (C=O) groups excluding carboxylic acids is 1. The summed E-state index contributed by atoms with van der Waals surface area (Å²) in [6.45, 7) is 3.72. The SMILES string of the molecule is Cc1ccc(O)c(C(=O)NC(C)CCS(C)=O)c1. The van der Waals surface area contributed by atoms with Gasteiger partial charge in [-0.3, -0.25) is 9.00 Å². The van der Waals surface area contributed by atoms with Crippen LogP contribution in [0.25, 0.3) is 0 Å². The molecule has 1 aromatic carbocycles. The maximum absolute atomic E-state index is 11.9. The van der Waals surface area contributed by atoms with Crippen molar-refractivity contribution in [2.75, 3.05) is 12.0 Å². The Bertz CT molecular complexity index is 460. The van der Waals surface area contributed by atoms with Gasteiger partial charge in [0.25, 0.3) is 5.91 Å². The third-order valence-electron chi connectivity index (χ3n) is 2.61. The zero-order valence-corrected chi connectivity index (χ0v) is 11.7. The van der Waals surface area contributed by atoms with Crippen molar-refractivity contribution in [1.82, 2.24) is 5.32 Å². The summed E-state index contributed by atoms with van der Waals surface area (Å²) in [5.41, 5.74) is 1.19. The van der Waals surface area contributed by atoms with Crippen molar-refractivity contribution in [3.05, 3.63) is 29.3 Å². The Kier molecular flexibility index (Phi) is 5.34. The van der Waals surface area contributed by atoms with Gasteiger partial charge < -0.3 is 10.4 Å². The molecule has 100 valence electrons. The lowest BCUT2D eigenvalue weighted by molar-refractivity contribution is 0.0936. The smallest absolute Gasteiger partial charge is 0.255 e. The van der Waals surface area contributed by atoms with Gasteiger partial charge in [-0.1, -0.05) is 11.6 Å². The molecule has 1 aromatic rings. The number of phenols is 1. The lowest BCUT2D eigenvalue weighted by atomic mass is 10.1. The van der Waals surface area contributed by atoms with Crippen LogP contribution in [0.15, 0.2) is 18.2 Å². The fourth-order valence-corrected chi connectivity index (χ4v) is 2.23. The minimum atomic E-state index is -0.854. The van der Waals surface area contributed by atoms with E-state index >= 15 is 0 Å². The maximum Gasteiger partial charge on any atom is 0.255 e. The number of phenolic OH excluding ortho intramolecular Hbond substituents is 1. The highest BCUT2D eigenvalue weighted by Crippen LogP contribution is 2.18. The number of hydrogen-bond acceptors (Lipinski definition) is 3. The molecule has 5 heteroatoms. The van der Waals surface area contributed by atoms with E-state index in [1.165, 1.54) is 6.07 Å². The molecule has 0 saturated heterocycles. The highest BCUT2D eigenvalue weighted by atomic mass is 32.2. The van der Waals surface area contributed by atoms with Crippen molar-refractivity contribution in [2.45, 2.75) is 26.3 Å². The number of benzene rings is 1. The lowest BCUT2D eigenvalue weighted by Crippen LogP contribution is -2.33. The van der Waals surface area contributed by atoms with Gasteiger partial charge in [-0.05, 0) is 32.4 Å². The average Bonchev–Trinajstić information content (AvgIpc) is 2.29. The van der Waals surface area contributed by atoms with Crippen LogP contribution in [0.5, 0.6) is 5.75 Å². The molecule has 0 bridgehead atoms. The van der Waals surface area contributed by atoms with E-state index in [1.807, 2.05) is 13.8 Å². The second kappa shape index (κ2) is 6.54. The average molecular weight is 269 g/mol. The monoisotopic (exact) mass is 269 g/mol. The van der Waals surface area contributed by atoms with Gasteiger partial charge in [0.2, 0.25) is 0 Å². The second-order valence-electron chi connectivity index (χ2n) is 4.46. The Morgan fingerprint density at radius 3 is 2.78 bits per heavy atom. The van der Waals surface area contributed by atoms with Crippen molar-refractivity contribution in [3.63, 3.8) is 0 Å². The molecule has 2 unspecified atom stereocenters. The number of amides is 1. The van der Waals surface area contributed by atoms with Gasteiger partial charge >= 0.3 is 0 Å². The summed E-state index contributed by atoms with van der Waals surface area (Å²) in [5.74, 6) is 0.233. The van der Waals surface area contributed by atoms with E-state index in [9.17, 15) is 14.1 Å². The first kappa shape index (κ1) is 14.7. The molecule has 0 aliphatic carbocycles. The van der Waals surface area contributed by atoms with Gasteiger partial charge in [-0.25, -0.2) is 0 Å². The van der Waals surface area contributed by atoms with Crippen LogP contribution in [0, 0.1) is 6.92 Å². The van der Waals surface area contributed by atoms with Gasteiger partial charge in [0.15, 0.2) is 0 Å². The molecule has 1 rings (SSSR count). The first-order chi connectivity index (χ1) is 8.40. The van der Waals surface area contributed by atoms with Gasteiger partial charge in [0.05, 0.1) is 5.56 Å². The molecule has 0 aliphatic heterocycles. The molecule has 0 saturated carbocycles. The minimum absolute atomic E-state index is 0.0237. The topological polar surface area (TPSA) is 66.4 Å². The summed E-state index contributed by atoms with van der Waals surface area (Å²) in [4.78, 5) is 11.9. The molecule has 2 atom stereocenters. The number of carbonyl (C=O) groups is 1. The summed E-state index contributed by atoms with van der Waals surface area (Å²) in [6.07, 6.45) is 2.29. The predicted octanol–water partition coefficient (Wildman–Crippen LogP) is 1.59. The molecular formula is C13H19NO3S. The fraction of sp³-hybridized carbons (Fsp3) is 0.462. The molecule has 18 heavy (non-hydrogen) atoms. The number of aromatic hydroxyl groups is 1. The summed E-state index contributed by atoms with van der Waals surface area (Å²) in [6, 6.07) is 4.84. The van der Waals surface area contributed by atoms with Gasteiger partial charge in [0.1, 0.15) is 5.75 Å². The van der Waals surface area contributed by atoms with Gasteiger partial charge in [0, 0.05) is 28.9 Å². The van der Waals surface area contributed by atoms with Crippen molar-refractivity contribution < 1.29 is 14.1 Å². The lowest BCUT2D eigenvalue weighted by Gasteiger charge is -2.14. The van der Waals surface area contributed by atoms with Gasteiger partial charge in [-0.2, -0.15) is 0 Å². The minimum Gasteiger partial charge on any atom is -0.507 e. The Morgan fingerprint density at radius 1 is 1.50 bits per heavy atom. The van der Waals surface area contributed by atoms with Crippen LogP contribution >= 0.6 is 0 Å². The zero-order chi connectivity index (χ0) is 13.7. The quantitative estimate of drug-likeness (QED) is 0.853. The van der Waals surface area contributed by atoms with Crippen LogP contribution in [0.2, 0.25) is 0 Å². The van der Waals surface area contributed by atoms with Crippen molar-refractivity contribution in [1.29, 1.82) is 0 Å². The maximum atomic E-state index is 11.9. The predicted molar refractivity (Wildman–Crippen MR) is 73.3 cm³/mol. The van der Waals surface area contributed by atoms with Crippen molar-refractivity contribution >= 4 is 16.7 Å². The van der Waals surface area contributed by atoms with E-state index < -0.39 is 10.8 Å². The van der Waals surface area contributed by atoms with Crippen molar-refractivity contribution in [3.8, 4) is 5.75 Å². The van der Waals surface area contributed by atoms with E-state index in [4.69, 9.17) is 0 Å². The number of hydrogen-bond donors (Lipinski definition) is 2. The highest BCUT2D eigenvalue weighted by Gasteiger charge is 2.13. The summed E-state index contributed by atoms with van der Waals surface area (Å²) in [7, 11) is -0.854. The Hall–Kier alpha value is -1.36. The molecule has 1 amide bonds. The molecule has 0 heterocycles. The number of nitrogens with one attached hydrogen (secondary N) is 1. The van der Waals surface area contributed by atoms with Crippen LogP contribution in [-0.4, -0.2) is 33.3 Å². The molecular weight excluding hydrogens is 250 g/mol. The molecule has 0 fully saturated rings. The molecule has 4 nitrogen and oxygen atoms in total. The zero-order valence-electron chi connectivity index (χ0n) is 10.9. The van der Waals surface area contributed by atoms with E-state index in [2.05, 4.69) is 5.32 Å². The molecule has 2 N–H and O–H groups in total. The summed E-state index contributed by atoms with van der Waals surface area (Å²) < 4.78 is 11.0. The fourth-order valence-electron chi connectivity index (χ4n) is 1.55. The summed E-state index contributed by atoms with van der Waals surface area (Å²) >= 11 is 0. The first-order valence-electron chi connectivity index (χ1n) is 5.80. The molecule has 0 aromatic heterocycles. The van der Waals surface area contributed by atoms with E-state index in [0.29, 0.717) is 12.2 Å². The van der Waals surface area contributed by atoms with Crippen LogP contribution in [0.3, 0.4) is 0 Å². The summed E-state index contributed by atoms with van der Waals surface area (Å²) in [5, 5.41) is 12.4. The van der Waals surface area contributed by atoms with Gasteiger partial charge in [-0.15, -0.1) is 0 Å². The normalized spacial score (nSPS) is 13.9. The molecule has 0 radical (unpaired) electrons. The van der Waals surface area contributed by atoms with Crippen LogP contribution in [0.4, 0.5) is 0 Å². The largest absolute Gasteiger partial charge is 0.507 e. The molecule has 0 spiro atoms. The third kappa shape index (κ3) is 4.49.